The molecule has 1 aliphatic heterocycles. The molecule has 120 valence electrons. The highest BCUT2D eigenvalue weighted by Crippen LogP contribution is 2.19. The van der Waals surface area contributed by atoms with Gasteiger partial charge in [-0.1, -0.05) is 6.07 Å². The van der Waals surface area contributed by atoms with E-state index in [0.29, 0.717) is 0 Å². The van der Waals surface area contributed by atoms with Crippen LogP contribution in [0, 0.1) is 0 Å². The zero-order chi connectivity index (χ0) is 16.1. The van der Waals surface area contributed by atoms with Gasteiger partial charge in [0.15, 0.2) is 0 Å². The van der Waals surface area contributed by atoms with Gasteiger partial charge in [0.05, 0.1) is 0 Å². The van der Waals surface area contributed by atoms with Gasteiger partial charge in [-0.05, 0) is 48.8 Å². The summed E-state index contributed by atoms with van der Waals surface area (Å²) in [6, 6.07) is 12.0. The summed E-state index contributed by atoms with van der Waals surface area (Å²) in [5, 5.41) is 4.89. The van der Waals surface area contributed by atoms with Gasteiger partial charge < -0.3 is 15.1 Å². The van der Waals surface area contributed by atoms with E-state index < -0.39 is 0 Å². The Hall–Kier alpha value is -2.11. The maximum Gasteiger partial charge on any atom is 0.248 e. The van der Waals surface area contributed by atoms with Crippen molar-refractivity contribution in [1.29, 1.82) is 0 Å². The molecule has 23 heavy (non-hydrogen) atoms. The molecule has 0 unspecified atom stereocenters. The Labute approximate surface area is 141 Å². The van der Waals surface area contributed by atoms with Crippen LogP contribution in [0.4, 0.5) is 11.4 Å². The lowest BCUT2D eigenvalue weighted by molar-refractivity contribution is -0.111. The smallest absolute Gasteiger partial charge is 0.248 e. The first-order valence-corrected chi connectivity index (χ1v) is 8.65. The number of thiophene rings is 1. The van der Waals surface area contributed by atoms with Gasteiger partial charge in [0.25, 0.3) is 0 Å². The van der Waals surface area contributed by atoms with Gasteiger partial charge in [-0.3, -0.25) is 4.79 Å². The van der Waals surface area contributed by atoms with Crippen LogP contribution in [0.25, 0.3) is 6.08 Å². The van der Waals surface area contributed by atoms with Crippen molar-refractivity contribution in [2.45, 2.75) is 0 Å². The van der Waals surface area contributed by atoms with Crippen LogP contribution in [0.15, 0.2) is 47.9 Å². The Morgan fingerprint density at radius 3 is 2.52 bits per heavy atom. The van der Waals surface area contributed by atoms with Crippen molar-refractivity contribution in [3.05, 3.63) is 52.7 Å². The number of carbonyl (C=O) groups is 1. The van der Waals surface area contributed by atoms with E-state index in [2.05, 4.69) is 34.3 Å². The Bertz CT molecular complexity index is 656. The molecule has 1 N–H and O–H groups in total. The van der Waals surface area contributed by atoms with E-state index in [1.807, 2.05) is 35.7 Å². The van der Waals surface area contributed by atoms with Gasteiger partial charge in [-0.25, -0.2) is 0 Å². The van der Waals surface area contributed by atoms with Gasteiger partial charge in [0, 0.05) is 48.5 Å². The summed E-state index contributed by atoms with van der Waals surface area (Å²) in [4.78, 5) is 17.7. The number of benzene rings is 1. The number of rotatable bonds is 4. The number of nitrogens with one attached hydrogen (secondary N) is 1. The molecule has 1 aliphatic rings. The fraction of sp³-hybridized carbons (Fsp3) is 0.278. The fourth-order valence-electron chi connectivity index (χ4n) is 2.55. The van der Waals surface area contributed by atoms with Crippen molar-refractivity contribution in [3.63, 3.8) is 0 Å². The first kappa shape index (κ1) is 15.8. The number of hydrogen-bond donors (Lipinski definition) is 1. The quantitative estimate of drug-likeness (QED) is 0.876. The Kier molecular flexibility index (Phi) is 5.10. The molecule has 1 saturated heterocycles. The van der Waals surface area contributed by atoms with Crippen molar-refractivity contribution in [1.82, 2.24) is 4.90 Å². The van der Waals surface area contributed by atoms with Gasteiger partial charge >= 0.3 is 0 Å². The van der Waals surface area contributed by atoms with E-state index >= 15 is 0 Å². The minimum Gasteiger partial charge on any atom is -0.369 e. The molecule has 5 heteroatoms. The van der Waals surface area contributed by atoms with Crippen molar-refractivity contribution in [2.75, 3.05) is 43.4 Å². The molecule has 1 fully saturated rings. The number of nitrogens with zero attached hydrogens (tertiary/aromatic N) is 2. The maximum atomic E-state index is 11.9. The van der Waals surface area contributed by atoms with Gasteiger partial charge in [-0.15, -0.1) is 11.3 Å². The molecule has 1 amide bonds. The highest BCUT2D eigenvalue weighted by molar-refractivity contribution is 7.10. The van der Waals surface area contributed by atoms with E-state index in [9.17, 15) is 4.79 Å². The number of hydrogen-bond acceptors (Lipinski definition) is 4. The van der Waals surface area contributed by atoms with Crippen molar-refractivity contribution >= 4 is 34.7 Å². The summed E-state index contributed by atoms with van der Waals surface area (Å²) >= 11 is 1.61. The molecule has 0 spiro atoms. The predicted molar refractivity (Wildman–Crippen MR) is 98.1 cm³/mol. The van der Waals surface area contributed by atoms with Crippen LogP contribution in [-0.2, 0) is 4.79 Å². The van der Waals surface area contributed by atoms with Crippen LogP contribution >= 0.6 is 11.3 Å². The van der Waals surface area contributed by atoms with E-state index in [1.54, 1.807) is 17.4 Å². The van der Waals surface area contributed by atoms with Gasteiger partial charge in [0.1, 0.15) is 0 Å². The van der Waals surface area contributed by atoms with E-state index in [4.69, 9.17) is 0 Å². The lowest BCUT2D eigenvalue weighted by Crippen LogP contribution is -2.44. The zero-order valence-electron chi connectivity index (χ0n) is 13.2. The second kappa shape index (κ2) is 7.44. The van der Waals surface area contributed by atoms with Crippen molar-refractivity contribution in [2.24, 2.45) is 0 Å². The first-order valence-electron chi connectivity index (χ1n) is 7.77. The van der Waals surface area contributed by atoms with E-state index in [1.165, 1.54) is 5.69 Å². The summed E-state index contributed by atoms with van der Waals surface area (Å²) in [6.45, 7) is 4.27. The molecule has 0 saturated carbocycles. The third kappa shape index (κ3) is 4.43. The monoisotopic (exact) mass is 327 g/mol. The number of carbonyl (C=O) groups excluding carboxylic acids is 1. The van der Waals surface area contributed by atoms with E-state index in [-0.39, 0.29) is 5.91 Å². The number of likely N-dealkylation sites (N-methyl/N-ethyl adjacent to an activating group) is 1. The maximum absolute atomic E-state index is 11.9. The highest BCUT2D eigenvalue weighted by Gasteiger charge is 2.13. The summed E-state index contributed by atoms with van der Waals surface area (Å²) < 4.78 is 0. The topological polar surface area (TPSA) is 35.6 Å². The van der Waals surface area contributed by atoms with Crippen LogP contribution in [0.2, 0.25) is 0 Å². The molecule has 0 aliphatic carbocycles. The second-order valence-electron chi connectivity index (χ2n) is 5.68. The van der Waals surface area contributed by atoms with Gasteiger partial charge in [-0.2, -0.15) is 0 Å². The number of piperazine rings is 1. The second-order valence-corrected chi connectivity index (χ2v) is 6.65. The third-order valence-corrected chi connectivity index (χ3v) is 4.78. The molecule has 1 aromatic carbocycles. The summed E-state index contributed by atoms with van der Waals surface area (Å²) in [5.74, 6) is -0.106. The largest absolute Gasteiger partial charge is 0.369 e. The van der Waals surface area contributed by atoms with Crippen LogP contribution in [0.3, 0.4) is 0 Å². The molecule has 3 rings (SSSR count). The molecular formula is C18H21N3OS. The SMILES string of the molecule is CN1CCN(c2ccc(NC(=O)/C=C/c3cccs3)cc2)CC1. The Morgan fingerprint density at radius 1 is 1.13 bits per heavy atom. The first-order chi connectivity index (χ1) is 11.2. The number of amides is 1. The number of anilines is 2. The van der Waals surface area contributed by atoms with Crippen LogP contribution in [0.5, 0.6) is 0 Å². The minimum atomic E-state index is -0.106. The third-order valence-electron chi connectivity index (χ3n) is 3.95. The predicted octanol–water partition coefficient (Wildman–Crippen LogP) is 3.15. The summed E-state index contributed by atoms with van der Waals surface area (Å²) in [7, 11) is 2.15. The Morgan fingerprint density at radius 2 is 1.87 bits per heavy atom. The average molecular weight is 327 g/mol. The molecule has 1 aromatic heterocycles. The molecule has 2 aromatic rings. The summed E-state index contributed by atoms with van der Waals surface area (Å²) in [6.07, 6.45) is 3.40. The van der Waals surface area contributed by atoms with Crippen molar-refractivity contribution < 1.29 is 4.79 Å². The Balaban J connectivity index is 1.56. The van der Waals surface area contributed by atoms with E-state index in [0.717, 1.165) is 36.7 Å². The fourth-order valence-corrected chi connectivity index (χ4v) is 3.17. The standard InChI is InChI=1S/C18H21N3OS/c1-20-10-12-21(13-11-20)16-6-4-15(5-7-16)19-18(22)9-8-17-3-2-14-23-17/h2-9,14H,10-13H2,1H3,(H,19,22)/b9-8+. The highest BCUT2D eigenvalue weighted by atomic mass is 32.1. The summed E-state index contributed by atoms with van der Waals surface area (Å²) in [5.41, 5.74) is 2.04. The van der Waals surface area contributed by atoms with Crippen molar-refractivity contribution in [3.8, 4) is 0 Å². The minimum absolute atomic E-state index is 0.106. The molecule has 0 atom stereocenters. The van der Waals surface area contributed by atoms with Crippen LogP contribution in [-0.4, -0.2) is 44.0 Å². The van der Waals surface area contributed by atoms with Crippen LogP contribution < -0.4 is 10.2 Å². The molecule has 4 nitrogen and oxygen atoms in total. The lowest BCUT2D eigenvalue weighted by Gasteiger charge is -2.34. The molecule has 2 heterocycles. The normalized spacial score (nSPS) is 16.0. The van der Waals surface area contributed by atoms with Gasteiger partial charge in [0.2, 0.25) is 5.91 Å². The van der Waals surface area contributed by atoms with Crippen LogP contribution in [0.1, 0.15) is 4.88 Å². The average Bonchev–Trinajstić information content (AvgIpc) is 3.08. The molecule has 0 radical (unpaired) electrons. The zero-order valence-corrected chi connectivity index (χ0v) is 14.1. The molecule has 0 bridgehead atoms. The lowest BCUT2D eigenvalue weighted by atomic mass is 10.2. The molecular weight excluding hydrogens is 306 g/mol.